The molecule has 7 nitrogen and oxygen atoms in total. The number of hydrogen-bond donors (Lipinski definition) is 1. The average Bonchev–Trinajstić information content (AvgIpc) is 4.07. The molecule has 0 aliphatic rings. The molecule has 0 saturated carbocycles. The van der Waals surface area contributed by atoms with Crippen LogP contribution in [0.3, 0.4) is 0 Å². The number of para-hydroxylation sites is 2. The maximum absolute atomic E-state index is 12.6. The molecule has 0 aliphatic heterocycles. The second-order valence-electron chi connectivity index (χ2n) is 23.3. The Morgan fingerprint density at radius 1 is 0.634 bits per heavy atom. The summed E-state index contributed by atoms with van der Waals surface area (Å²) in [5, 5.41) is 14.6. The van der Waals surface area contributed by atoms with Gasteiger partial charge in [0.1, 0.15) is 34.8 Å². The van der Waals surface area contributed by atoms with E-state index in [1.165, 1.54) is 5.56 Å². The van der Waals surface area contributed by atoms with E-state index in [0.29, 0.717) is 17.0 Å². The minimum Gasteiger partial charge on any atom is -0.507 e. The van der Waals surface area contributed by atoms with Gasteiger partial charge in [0.2, 0.25) is 0 Å². The Kier molecular flexibility index (Phi) is 11.7. The van der Waals surface area contributed by atoms with E-state index >= 15 is 0 Å². The second-order valence-corrected chi connectivity index (χ2v) is 24.3. The monoisotopic (exact) mass is 1130 g/mol. The number of thiophene rings is 1. The summed E-state index contributed by atoms with van der Waals surface area (Å²) in [5.41, 5.74) is 14.3. The summed E-state index contributed by atoms with van der Waals surface area (Å²) in [5.74, 6) is 1.83. The maximum atomic E-state index is 12.6. The molecule has 0 amide bonds. The fourth-order valence-corrected chi connectivity index (χ4v) is 11.0. The number of phenols is 1. The van der Waals surface area contributed by atoms with Gasteiger partial charge in [-0.15, -0.1) is 29.0 Å². The summed E-state index contributed by atoms with van der Waals surface area (Å²) >= 11 is 1.64. The van der Waals surface area contributed by atoms with Gasteiger partial charge < -0.3 is 13.9 Å². The van der Waals surface area contributed by atoms with E-state index in [9.17, 15) is 5.11 Å². The zero-order valence-electron chi connectivity index (χ0n) is 42.5. The third-order valence-electron chi connectivity index (χ3n) is 13.5. The molecule has 0 fully saturated rings. The number of rotatable bonds is 6. The molecule has 0 spiro atoms. The van der Waals surface area contributed by atoms with Crippen molar-refractivity contribution < 1.29 is 35.0 Å². The Bertz CT molecular complexity index is 3860. The van der Waals surface area contributed by atoms with Crippen molar-refractivity contribution >= 4 is 64.8 Å². The molecule has 71 heavy (non-hydrogen) atoms. The van der Waals surface area contributed by atoms with E-state index < -0.39 is 0 Å². The summed E-state index contributed by atoms with van der Waals surface area (Å²) in [6.45, 7) is 26.6. The van der Waals surface area contributed by atoms with E-state index in [1.54, 1.807) is 17.7 Å². The molecule has 5 aromatic heterocycles. The standard InChI is InChI=1S/C62H59N4O3S.Pt/c1-59(2,3)33-39-32-50-56(68-39)53-57(70-50)52(63-34-64-53)44-28-36(27-43-41-21-16-17-24-49(41)69-55(43)44)40-22-18-23-48-51(40)65-58(45-30-38(61(7,8)9)31-46(54(45)67)62(10,11)12)66(48)47-26-25-37(60(4,5)6)29-42(47)35-19-14-13-15-20-35;/h13-27,29-32,34,67H,33H2,1-12H3;/q-1;. The molecule has 1 N–H and O–H groups in total. The maximum Gasteiger partial charge on any atom is 0.170 e. The van der Waals surface area contributed by atoms with Crippen LogP contribution in [0.4, 0.5) is 0 Å². The number of fused-ring (bicyclic) bond motifs is 7. The first-order valence-electron chi connectivity index (χ1n) is 24.3. The fourth-order valence-electron chi connectivity index (χ4n) is 9.87. The van der Waals surface area contributed by atoms with E-state index in [4.69, 9.17) is 23.8 Å². The van der Waals surface area contributed by atoms with Crippen molar-refractivity contribution in [3.05, 3.63) is 150 Å². The minimum atomic E-state index is -0.355. The minimum absolute atomic E-state index is 0. The van der Waals surface area contributed by atoms with Crippen molar-refractivity contribution in [1.82, 2.24) is 19.5 Å². The van der Waals surface area contributed by atoms with Crippen LogP contribution in [0.5, 0.6) is 5.75 Å². The van der Waals surface area contributed by atoms with Crippen molar-refractivity contribution in [3.8, 4) is 56.3 Å². The van der Waals surface area contributed by atoms with Crippen molar-refractivity contribution in [2.24, 2.45) is 5.41 Å². The molecule has 6 aromatic carbocycles. The first-order chi connectivity index (χ1) is 33.1. The summed E-state index contributed by atoms with van der Waals surface area (Å²) in [7, 11) is 0. The molecule has 9 heteroatoms. The molecule has 0 bridgehead atoms. The van der Waals surface area contributed by atoms with Crippen molar-refractivity contribution in [2.45, 2.75) is 106 Å². The predicted octanol–water partition coefficient (Wildman–Crippen LogP) is 17.3. The molecule has 11 aromatic rings. The van der Waals surface area contributed by atoms with Crippen LogP contribution in [0.25, 0.3) is 104 Å². The van der Waals surface area contributed by atoms with Crippen LogP contribution in [-0.2, 0) is 43.7 Å². The van der Waals surface area contributed by atoms with Crippen LogP contribution in [0, 0.1) is 11.5 Å². The first-order valence-corrected chi connectivity index (χ1v) is 25.1. The number of benzene rings is 6. The number of imidazole rings is 1. The number of nitrogens with zero attached hydrogens (tertiary/aromatic N) is 4. The molecular weight excluding hydrogens is 1080 g/mol. The van der Waals surface area contributed by atoms with E-state index in [-0.39, 0.29) is 48.5 Å². The number of aromatic hydroxyl groups is 1. The van der Waals surface area contributed by atoms with Crippen molar-refractivity contribution in [2.75, 3.05) is 0 Å². The topological polar surface area (TPSA) is 90.1 Å². The predicted molar refractivity (Wildman–Crippen MR) is 291 cm³/mol. The molecule has 5 heterocycles. The van der Waals surface area contributed by atoms with E-state index in [1.807, 2.05) is 18.2 Å². The Balaban J connectivity index is 0.00000582. The third-order valence-corrected chi connectivity index (χ3v) is 14.6. The molecule has 0 unspecified atom stereocenters. The number of furan rings is 2. The van der Waals surface area contributed by atoms with E-state index in [2.05, 4.69) is 191 Å². The van der Waals surface area contributed by atoms with Crippen LogP contribution in [-0.4, -0.2) is 24.6 Å². The Morgan fingerprint density at radius 2 is 1.35 bits per heavy atom. The number of phenolic OH excluding ortho intramolecular Hbond substituents is 1. The van der Waals surface area contributed by atoms with Gasteiger partial charge in [-0.25, -0.2) is 9.97 Å². The fraction of sp³-hybridized carbons (Fsp3) is 0.274. The molecule has 0 radical (unpaired) electrons. The van der Waals surface area contributed by atoms with Crippen molar-refractivity contribution in [1.29, 1.82) is 0 Å². The summed E-state index contributed by atoms with van der Waals surface area (Å²) in [4.78, 5) is 15.5. The van der Waals surface area contributed by atoms with Gasteiger partial charge in [0.15, 0.2) is 5.58 Å². The quantitative estimate of drug-likeness (QED) is 0.167. The number of hydrogen-bond acceptors (Lipinski definition) is 7. The summed E-state index contributed by atoms with van der Waals surface area (Å²) < 4.78 is 17.5. The van der Waals surface area contributed by atoms with Gasteiger partial charge in [0.05, 0.1) is 37.3 Å². The van der Waals surface area contributed by atoms with Gasteiger partial charge in [-0.2, -0.15) is 0 Å². The molecule has 0 aliphatic carbocycles. The zero-order chi connectivity index (χ0) is 49.2. The van der Waals surface area contributed by atoms with Crippen LogP contribution < -0.4 is 0 Å². The molecular formula is C62H59N4O3PtS-. The zero-order valence-corrected chi connectivity index (χ0v) is 45.6. The molecule has 0 atom stereocenters. The first kappa shape index (κ1) is 48.3. The molecule has 11 rings (SSSR count). The molecule has 0 saturated heterocycles. The largest absolute Gasteiger partial charge is 0.507 e. The van der Waals surface area contributed by atoms with Crippen LogP contribution in [0.15, 0.2) is 130 Å². The SMILES string of the molecule is CC(C)(C)Cc1cc2sc3c(-c4[c-]c(-c5cccc6c5nc(-c5cc(C(C)(C)C)cc(C(C)(C)C)c5O)n6-c5ccc(C(C)(C)C)cc5-c5ccccc5)cc5c4oc4ccccc45)ncnc3c2o1.[Pt]. The van der Waals surface area contributed by atoms with Gasteiger partial charge in [0, 0.05) is 49.7 Å². The van der Waals surface area contributed by atoms with Gasteiger partial charge >= 0.3 is 0 Å². The van der Waals surface area contributed by atoms with Gasteiger partial charge in [-0.3, -0.25) is 9.55 Å². The second kappa shape index (κ2) is 17.2. The van der Waals surface area contributed by atoms with Gasteiger partial charge in [-0.1, -0.05) is 167 Å². The van der Waals surface area contributed by atoms with Crippen molar-refractivity contribution in [3.63, 3.8) is 0 Å². The Hall–Kier alpha value is -6.34. The Morgan fingerprint density at radius 3 is 2.07 bits per heavy atom. The smallest absolute Gasteiger partial charge is 0.170 e. The normalized spacial score (nSPS) is 12.8. The third kappa shape index (κ3) is 8.51. The van der Waals surface area contributed by atoms with Crippen LogP contribution in [0.2, 0.25) is 0 Å². The number of aromatic nitrogens is 4. The molecule has 362 valence electrons. The van der Waals surface area contributed by atoms with Crippen LogP contribution in [0.1, 0.15) is 106 Å². The summed E-state index contributed by atoms with van der Waals surface area (Å²) in [6.07, 6.45) is 2.44. The average molecular weight is 1140 g/mol. The van der Waals surface area contributed by atoms with E-state index in [0.717, 1.165) is 110 Å². The Labute approximate surface area is 434 Å². The van der Waals surface area contributed by atoms with Gasteiger partial charge in [0.25, 0.3) is 0 Å². The van der Waals surface area contributed by atoms with Crippen LogP contribution >= 0.6 is 11.3 Å². The summed E-state index contributed by atoms with van der Waals surface area (Å²) in [6, 6.07) is 44.5. The van der Waals surface area contributed by atoms with Gasteiger partial charge in [-0.05, 0) is 80.1 Å².